The molecule has 0 aromatic carbocycles. The maximum Gasteiger partial charge on any atom is 0.308 e. The third-order valence-corrected chi connectivity index (χ3v) is 1.35. The second-order valence-corrected chi connectivity index (χ2v) is 2.29. The molecule has 0 saturated heterocycles. The highest BCUT2D eigenvalue weighted by Gasteiger charge is 2.23. The molecule has 3 N–H and O–H groups in total. The third kappa shape index (κ3) is 3.57. The molecule has 11 heavy (non-hydrogen) atoms. The summed E-state index contributed by atoms with van der Waals surface area (Å²) >= 11 is 0. The maximum atomic E-state index is 10.2. The van der Waals surface area contributed by atoms with Gasteiger partial charge in [0.1, 0.15) is 0 Å². The van der Waals surface area contributed by atoms with Gasteiger partial charge in [-0.1, -0.05) is 0 Å². The Morgan fingerprint density at radius 2 is 1.82 bits per heavy atom. The Bertz CT molecular complexity index is 164. The molecule has 64 valence electrons. The summed E-state index contributed by atoms with van der Waals surface area (Å²) in [5.41, 5.74) is 0. The van der Waals surface area contributed by atoms with E-state index in [0.717, 1.165) is 0 Å². The quantitative estimate of drug-likeness (QED) is 0.520. The summed E-state index contributed by atoms with van der Waals surface area (Å²) < 4.78 is 0. The van der Waals surface area contributed by atoms with E-state index in [9.17, 15) is 9.59 Å². The van der Waals surface area contributed by atoms with E-state index >= 15 is 0 Å². The lowest BCUT2D eigenvalue weighted by Crippen LogP contribution is -2.27. The van der Waals surface area contributed by atoms with Crippen LogP contribution < -0.4 is 0 Å². The van der Waals surface area contributed by atoms with Crippen LogP contribution in [-0.4, -0.2) is 33.4 Å². The largest absolute Gasteiger partial charge is 0.481 e. The van der Waals surface area contributed by atoms with Crippen molar-refractivity contribution in [3.63, 3.8) is 0 Å². The fraction of sp³-hybridized carbons (Fsp3) is 0.667. The first-order valence-electron chi connectivity index (χ1n) is 3.07. The zero-order chi connectivity index (χ0) is 9.02. The van der Waals surface area contributed by atoms with Crippen molar-refractivity contribution in [1.82, 2.24) is 0 Å². The van der Waals surface area contributed by atoms with Crippen LogP contribution in [0.4, 0.5) is 0 Å². The van der Waals surface area contributed by atoms with Crippen LogP contribution >= 0.6 is 0 Å². The predicted molar refractivity (Wildman–Crippen MR) is 35.1 cm³/mol. The lowest BCUT2D eigenvalue weighted by Gasteiger charge is -2.11. The van der Waals surface area contributed by atoms with Crippen molar-refractivity contribution in [2.45, 2.75) is 19.4 Å². The van der Waals surface area contributed by atoms with Gasteiger partial charge in [0.05, 0.1) is 18.4 Å². The third-order valence-electron chi connectivity index (χ3n) is 1.35. The van der Waals surface area contributed by atoms with Gasteiger partial charge in [0.15, 0.2) is 0 Å². The molecule has 0 spiro atoms. The summed E-state index contributed by atoms with van der Waals surface area (Å²) in [7, 11) is 0. The molecule has 0 aliphatic heterocycles. The van der Waals surface area contributed by atoms with Crippen LogP contribution in [0.3, 0.4) is 0 Å². The van der Waals surface area contributed by atoms with E-state index in [1.165, 1.54) is 6.92 Å². The first-order valence-corrected chi connectivity index (χ1v) is 3.07. The SMILES string of the molecule is C[C@H](C(=O)O)[C@H](O)CC(=O)O. The summed E-state index contributed by atoms with van der Waals surface area (Å²) in [5.74, 6) is -3.43. The van der Waals surface area contributed by atoms with E-state index < -0.39 is 30.4 Å². The monoisotopic (exact) mass is 162 g/mol. The van der Waals surface area contributed by atoms with Crippen LogP contribution in [0.5, 0.6) is 0 Å². The zero-order valence-corrected chi connectivity index (χ0v) is 6.02. The van der Waals surface area contributed by atoms with Gasteiger partial charge in [0.25, 0.3) is 0 Å². The van der Waals surface area contributed by atoms with Gasteiger partial charge in [-0.25, -0.2) is 0 Å². The second kappa shape index (κ2) is 3.92. The number of aliphatic carboxylic acids is 2. The number of hydrogen-bond acceptors (Lipinski definition) is 3. The Hall–Kier alpha value is -1.10. The first-order chi connectivity index (χ1) is 4.95. The predicted octanol–water partition coefficient (Wildman–Crippen LogP) is -0.457. The minimum atomic E-state index is -1.31. The molecule has 0 fully saturated rings. The highest BCUT2D eigenvalue weighted by Crippen LogP contribution is 2.06. The molecule has 0 heterocycles. The number of hydrogen-bond donors (Lipinski definition) is 3. The number of carbonyl (C=O) groups is 2. The Morgan fingerprint density at radius 1 is 1.36 bits per heavy atom. The summed E-state index contributed by atoms with van der Waals surface area (Å²) in [5, 5.41) is 25.4. The number of rotatable bonds is 4. The van der Waals surface area contributed by atoms with Crippen molar-refractivity contribution >= 4 is 11.9 Å². The van der Waals surface area contributed by atoms with E-state index in [1.54, 1.807) is 0 Å². The number of aliphatic hydroxyl groups excluding tert-OH is 1. The molecule has 0 amide bonds. The normalized spacial score (nSPS) is 15.5. The highest BCUT2D eigenvalue weighted by molar-refractivity contribution is 5.73. The summed E-state index contributed by atoms with van der Waals surface area (Å²) in [6.07, 6.45) is -1.85. The van der Waals surface area contributed by atoms with Crippen LogP contribution in [0.15, 0.2) is 0 Å². The molecule has 2 atom stereocenters. The van der Waals surface area contributed by atoms with Gasteiger partial charge in [-0.2, -0.15) is 0 Å². The summed E-state index contributed by atoms with van der Waals surface area (Å²) in [6.45, 7) is 1.26. The van der Waals surface area contributed by atoms with Crippen molar-refractivity contribution in [3.05, 3.63) is 0 Å². The van der Waals surface area contributed by atoms with Gasteiger partial charge < -0.3 is 15.3 Å². The molecule has 5 heteroatoms. The average molecular weight is 162 g/mol. The molecular formula is C6H10O5. The molecule has 0 aromatic heterocycles. The van der Waals surface area contributed by atoms with Gasteiger partial charge in [-0.15, -0.1) is 0 Å². The Morgan fingerprint density at radius 3 is 2.09 bits per heavy atom. The summed E-state index contributed by atoms with van der Waals surface area (Å²) in [6, 6.07) is 0. The zero-order valence-electron chi connectivity index (χ0n) is 6.02. The number of aliphatic hydroxyl groups is 1. The van der Waals surface area contributed by atoms with Crippen molar-refractivity contribution < 1.29 is 24.9 Å². The van der Waals surface area contributed by atoms with E-state index in [0.29, 0.717) is 0 Å². The van der Waals surface area contributed by atoms with Gasteiger partial charge in [0, 0.05) is 0 Å². The number of carboxylic acid groups (broad SMARTS) is 2. The van der Waals surface area contributed by atoms with E-state index in [1.807, 2.05) is 0 Å². The summed E-state index contributed by atoms with van der Waals surface area (Å²) in [4.78, 5) is 20.2. The van der Waals surface area contributed by atoms with Crippen LogP contribution in [0.25, 0.3) is 0 Å². The Kier molecular flexibility index (Phi) is 3.53. The lowest BCUT2D eigenvalue weighted by atomic mass is 10.0. The highest BCUT2D eigenvalue weighted by atomic mass is 16.4. The minimum Gasteiger partial charge on any atom is -0.481 e. The van der Waals surface area contributed by atoms with Crippen LogP contribution in [0.2, 0.25) is 0 Å². The molecule has 0 unspecified atom stereocenters. The lowest BCUT2D eigenvalue weighted by molar-refractivity contribution is -0.147. The fourth-order valence-electron chi connectivity index (χ4n) is 0.520. The Labute approximate surface area is 63.3 Å². The van der Waals surface area contributed by atoms with Gasteiger partial charge in [-0.05, 0) is 6.92 Å². The number of carboxylic acids is 2. The molecule has 0 rings (SSSR count). The molecule has 0 aromatic rings. The molecule has 0 radical (unpaired) electrons. The van der Waals surface area contributed by atoms with Gasteiger partial charge in [-0.3, -0.25) is 9.59 Å². The fourth-order valence-corrected chi connectivity index (χ4v) is 0.520. The topological polar surface area (TPSA) is 94.8 Å². The van der Waals surface area contributed by atoms with Gasteiger partial charge in [0.2, 0.25) is 0 Å². The van der Waals surface area contributed by atoms with E-state index in [-0.39, 0.29) is 0 Å². The van der Waals surface area contributed by atoms with Crippen molar-refractivity contribution in [2.24, 2.45) is 5.92 Å². The molecule has 0 bridgehead atoms. The molecule has 0 aliphatic carbocycles. The standard InChI is InChI=1S/C6H10O5/c1-3(6(10)11)4(7)2-5(8)9/h3-4,7H,2H2,1H3,(H,8,9)(H,10,11)/t3-,4+/m0/s1. The van der Waals surface area contributed by atoms with Crippen molar-refractivity contribution in [1.29, 1.82) is 0 Å². The van der Waals surface area contributed by atoms with Crippen LogP contribution in [0.1, 0.15) is 13.3 Å². The van der Waals surface area contributed by atoms with Gasteiger partial charge >= 0.3 is 11.9 Å². The smallest absolute Gasteiger partial charge is 0.308 e. The minimum absolute atomic E-state index is 0.534. The molecule has 5 nitrogen and oxygen atoms in total. The molecule has 0 saturated carbocycles. The second-order valence-electron chi connectivity index (χ2n) is 2.29. The van der Waals surface area contributed by atoms with Crippen molar-refractivity contribution in [3.8, 4) is 0 Å². The first kappa shape index (κ1) is 9.90. The van der Waals surface area contributed by atoms with E-state index in [4.69, 9.17) is 15.3 Å². The van der Waals surface area contributed by atoms with Crippen LogP contribution in [0, 0.1) is 5.92 Å². The average Bonchev–Trinajstić information content (AvgIpc) is 1.84. The molecular weight excluding hydrogens is 152 g/mol. The molecule has 0 aliphatic rings. The van der Waals surface area contributed by atoms with Crippen molar-refractivity contribution in [2.75, 3.05) is 0 Å². The van der Waals surface area contributed by atoms with Crippen LogP contribution in [-0.2, 0) is 9.59 Å². The Balaban J connectivity index is 3.92. The van der Waals surface area contributed by atoms with E-state index in [2.05, 4.69) is 0 Å². The maximum absolute atomic E-state index is 10.2.